The van der Waals surface area contributed by atoms with Crippen LogP contribution in [0.5, 0.6) is 11.5 Å². The van der Waals surface area contributed by atoms with E-state index in [9.17, 15) is 9.59 Å². The molecule has 0 spiro atoms. The Bertz CT molecular complexity index is 1220. The molecule has 0 aromatic heterocycles. The molecule has 2 aromatic rings. The van der Waals surface area contributed by atoms with Crippen molar-refractivity contribution in [3.63, 3.8) is 0 Å². The number of halogens is 2. The van der Waals surface area contributed by atoms with Gasteiger partial charge in [0.15, 0.2) is 11.5 Å². The van der Waals surface area contributed by atoms with Gasteiger partial charge in [0.25, 0.3) is 11.8 Å². The molecule has 5 aliphatic rings. The lowest BCUT2D eigenvalue weighted by atomic mass is 9.63. The fourth-order valence-corrected chi connectivity index (χ4v) is 6.68. The van der Waals surface area contributed by atoms with Gasteiger partial charge in [0.05, 0.1) is 29.1 Å². The third-order valence-corrected chi connectivity index (χ3v) is 8.43. The van der Waals surface area contributed by atoms with Crippen LogP contribution in [0.2, 0.25) is 5.02 Å². The summed E-state index contributed by atoms with van der Waals surface area (Å²) in [6.45, 7) is 2.70. The van der Waals surface area contributed by atoms with Crippen LogP contribution in [0.3, 0.4) is 0 Å². The van der Waals surface area contributed by atoms with Crippen molar-refractivity contribution >= 4 is 45.6 Å². The number of hydrogen-bond acceptors (Lipinski definition) is 5. The number of carbonyl (C=O) groups is 2. The number of hydrazone groups is 1. The van der Waals surface area contributed by atoms with Crippen molar-refractivity contribution in [3.8, 4) is 11.5 Å². The van der Waals surface area contributed by atoms with E-state index in [1.807, 2.05) is 37.3 Å². The monoisotopic (exact) mass is 554 g/mol. The minimum Gasteiger partial charge on any atom is -0.490 e. The topological polar surface area (TPSA) is 68.2 Å². The fraction of sp³-hybridized carbons (Fsp3) is 0.370. The molecule has 0 N–H and O–H groups in total. The van der Waals surface area contributed by atoms with Crippen LogP contribution in [-0.4, -0.2) is 29.6 Å². The largest absolute Gasteiger partial charge is 0.490 e. The molecule has 1 heterocycles. The Morgan fingerprint density at radius 2 is 1.71 bits per heavy atom. The summed E-state index contributed by atoms with van der Waals surface area (Å²) in [5.41, 5.74) is 1.67. The van der Waals surface area contributed by atoms with Crippen molar-refractivity contribution in [2.75, 3.05) is 6.61 Å². The Balaban J connectivity index is 1.21. The second-order valence-corrected chi connectivity index (χ2v) is 10.9. The SMILES string of the molecule is CCOc1cc(C=NN2C(=O)[C@@H]3[C@H]4C=C[C@@H]([C@@H]5C[C@@H]45)[C@H]3C2=O)cc(Br)c1OCc1ccc(Cl)cc1. The second kappa shape index (κ2) is 8.79. The van der Waals surface area contributed by atoms with E-state index in [0.29, 0.717) is 51.6 Å². The molecule has 6 atom stereocenters. The third kappa shape index (κ3) is 3.89. The Morgan fingerprint density at radius 1 is 1.06 bits per heavy atom. The van der Waals surface area contributed by atoms with Gasteiger partial charge in [0.2, 0.25) is 0 Å². The van der Waals surface area contributed by atoms with Gasteiger partial charge < -0.3 is 9.47 Å². The maximum atomic E-state index is 13.2. The van der Waals surface area contributed by atoms with Crippen LogP contribution in [-0.2, 0) is 16.2 Å². The van der Waals surface area contributed by atoms with E-state index < -0.39 is 0 Å². The smallest absolute Gasteiger partial charge is 0.254 e. The number of benzene rings is 2. The molecule has 7 rings (SSSR count). The van der Waals surface area contributed by atoms with Gasteiger partial charge in [0.1, 0.15) is 6.61 Å². The standard InChI is InChI=1S/C27H24BrClN2O4/c1-2-34-22-10-15(9-21(28)25(22)35-13-14-3-5-16(29)6-4-14)12-30-31-26(32)23-17-7-8-18(20-11-19(17)20)24(23)27(31)33/h3-10,12,17-20,23-24H,2,11,13H2,1H3/t17-,18-,19-,20-,23+,24+/m0/s1. The Labute approximate surface area is 217 Å². The summed E-state index contributed by atoms with van der Waals surface area (Å²) in [5.74, 6) is 1.76. The lowest BCUT2D eigenvalue weighted by Gasteiger charge is -2.37. The summed E-state index contributed by atoms with van der Waals surface area (Å²) >= 11 is 9.54. The minimum atomic E-state index is -0.257. The van der Waals surface area contributed by atoms with Crippen LogP contribution in [0.15, 0.2) is 58.1 Å². The predicted octanol–water partition coefficient (Wildman–Crippen LogP) is 5.47. The molecule has 6 nitrogen and oxygen atoms in total. The molecule has 2 aromatic carbocycles. The molecule has 0 radical (unpaired) electrons. The first kappa shape index (κ1) is 22.8. The van der Waals surface area contributed by atoms with Gasteiger partial charge in [-0.3, -0.25) is 9.59 Å². The van der Waals surface area contributed by atoms with Crippen LogP contribution in [0.1, 0.15) is 24.5 Å². The van der Waals surface area contributed by atoms with Crippen LogP contribution in [0.4, 0.5) is 0 Å². The number of hydrogen-bond donors (Lipinski definition) is 0. The van der Waals surface area contributed by atoms with Crippen LogP contribution >= 0.6 is 27.5 Å². The van der Waals surface area contributed by atoms with Crippen LogP contribution in [0.25, 0.3) is 0 Å². The lowest BCUT2D eigenvalue weighted by molar-refractivity contribution is -0.140. The van der Waals surface area contributed by atoms with E-state index in [2.05, 4.69) is 33.2 Å². The van der Waals surface area contributed by atoms with Crippen LogP contribution in [0, 0.1) is 35.5 Å². The van der Waals surface area contributed by atoms with E-state index in [1.165, 1.54) is 0 Å². The molecule has 4 aliphatic carbocycles. The summed E-state index contributed by atoms with van der Waals surface area (Å²) in [6, 6.07) is 11.1. The van der Waals surface area contributed by atoms with Gasteiger partial charge in [-0.05, 0) is 88.3 Å². The average molecular weight is 556 g/mol. The fourth-order valence-electron chi connectivity index (χ4n) is 5.98. The van der Waals surface area contributed by atoms with Crippen molar-refractivity contribution in [2.45, 2.75) is 20.0 Å². The molecule has 1 aliphatic heterocycles. The number of allylic oxidation sites excluding steroid dienone is 2. The molecule has 2 saturated carbocycles. The first-order valence-electron chi connectivity index (χ1n) is 11.9. The molecule has 180 valence electrons. The van der Waals surface area contributed by atoms with E-state index in [1.54, 1.807) is 12.3 Å². The number of amides is 2. The summed E-state index contributed by atoms with van der Waals surface area (Å²) in [5, 5.41) is 6.10. The van der Waals surface area contributed by atoms with Gasteiger partial charge in [-0.25, -0.2) is 0 Å². The van der Waals surface area contributed by atoms with E-state index in [0.717, 1.165) is 17.0 Å². The highest BCUT2D eigenvalue weighted by molar-refractivity contribution is 9.10. The number of nitrogens with zero attached hydrogens (tertiary/aromatic N) is 2. The normalized spacial score (nSPS) is 30.1. The lowest BCUT2D eigenvalue weighted by Crippen LogP contribution is -2.40. The van der Waals surface area contributed by atoms with Gasteiger partial charge >= 0.3 is 0 Å². The molecule has 35 heavy (non-hydrogen) atoms. The van der Waals surface area contributed by atoms with Crippen molar-refractivity contribution in [1.82, 2.24) is 5.01 Å². The predicted molar refractivity (Wildman–Crippen MR) is 135 cm³/mol. The minimum absolute atomic E-state index is 0.173. The zero-order valence-corrected chi connectivity index (χ0v) is 21.4. The number of ether oxygens (including phenoxy) is 2. The maximum Gasteiger partial charge on any atom is 0.254 e. The molecular formula is C27H24BrClN2O4. The average Bonchev–Trinajstić information content (AvgIpc) is 3.63. The zero-order chi connectivity index (χ0) is 24.3. The van der Waals surface area contributed by atoms with E-state index in [-0.39, 0.29) is 35.5 Å². The quantitative estimate of drug-likeness (QED) is 0.258. The first-order valence-corrected chi connectivity index (χ1v) is 13.1. The molecule has 8 heteroatoms. The summed E-state index contributed by atoms with van der Waals surface area (Å²) in [4.78, 5) is 26.3. The number of imide groups is 1. The van der Waals surface area contributed by atoms with E-state index >= 15 is 0 Å². The van der Waals surface area contributed by atoms with E-state index in [4.69, 9.17) is 21.1 Å². The molecular weight excluding hydrogens is 532 g/mol. The van der Waals surface area contributed by atoms with Gasteiger partial charge in [-0.15, -0.1) is 0 Å². The molecule has 2 bridgehead atoms. The second-order valence-electron chi connectivity index (χ2n) is 9.57. The molecule has 1 saturated heterocycles. The van der Waals surface area contributed by atoms with Crippen molar-refractivity contribution in [2.24, 2.45) is 40.6 Å². The summed E-state index contributed by atoms with van der Waals surface area (Å²) in [7, 11) is 0. The Kier molecular flexibility index (Phi) is 5.72. The summed E-state index contributed by atoms with van der Waals surface area (Å²) in [6.07, 6.45) is 7.00. The highest BCUT2D eigenvalue weighted by atomic mass is 79.9. The molecule has 0 unspecified atom stereocenters. The number of carbonyl (C=O) groups excluding carboxylic acids is 2. The van der Waals surface area contributed by atoms with Crippen molar-refractivity contribution < 1.29 is 19.1 Å². The molecule has 2 amide bonds. The first-order chi connectivity index (χ1) is 17.0. The van der Waals surface area contributed by atoms with Gasteiger partial charge in [0, 0.05) is 5.02 Å². The highest BCUT2D eigenvalue weighted by Crippen LogP contribution is 2.65. The highest BCUT2D eigenvalue weighted by Gasteiger charge is 2.67. The van der Waals surface area contributed by atoms with Crippen LogP contribution < -0.4 is 9.47 Å². The van der Waals surface area contributed by atoms with Gasteiger partial charge in [-0.1, -0.05) is 35.9 Å². The van der Waals surface area contributed by atoms with Crippen molar-refractivity contribution in [1.29, 1.82) is 0 Å². The molecule has 3 fully saturated rings. The summed E-state index contributed by atoms with van der Waals surface area (Å²) < 4.78 is 12.5. The Hall–Kier alpha value is -2.64. The Morgan fingerprint density at radius 3 is 2.34 bits per heavy atom. The maximum absolute atomic E-state index is 13.2. The van der Waals surface area contributed by atoms with Crippen molar-refractivity contribution in [3.05, 3.63) is 69.2 Å². The van der Waals surface area contributed by atoms with Gasteiger partial charge in [-0.2, -0.15) is 10.1 Å². The zero-order valence-electron chi connectivity index (χ0n) is 19.1. The third-order valence-electron chi connectivity index (χ3n) is 7.59. The number of rotatable bonds is 7.